The summed E-state index contributed by atoms with van der Waals surface area (Å²) in [6, 6.07) is 0. The summed E-state index contributed by atoms with van der Waals surface area (Å²) in [5.41, 5.74) is -0.603. The summed E-state index contributed by atoms with van der Waals surface area (Å²) in [4.78, 5) is 23.3. The Hall–Kier alpha value is -1.10. The van der Waals surface area contributed by atoms with Crippen molar-refractivity contribution < 1.29 is 14.7 Å². The van der Waals surface area contributed by atoms with Gasteiger partial charge in [0.05, 0.1) is 11.5 Å². The molecule has 110 valence electrons. The summed E-state index contributed by atoms with van der Waals surface area (Å²) in [6.07, 6.45) is 2.33. The number of nitrogens with one attached hydrogen (secondary N) is 2. The van der Waals surface area contributed by atoms with Crippen molar-refractivity contribution in [1.82, 2.24) is 10.6 Å². The Balaban J connectivity index is 2.52. The average Bonchev–Trinajstić information content (AvgIpc) is 2.70. The lowest BCUT2D eigenvalue weighted by atomic mass is 9.84. The summed E-state index contributed by atoms with van der Waals surface area (Å²) in [5.74, 6) is -1.47. The Morgan fingerprint density at radius 1 is 1.42 bits per heavy atom. The van der Waals surface area contributed by atoms with Crippen molar-refractivity contribution in [2.45, 2.75) is 52.5 Å². The van der Waals surface area contributed by atoms with Crippen LogP contribution in [0.3, 0.4) is 0 Å². The minimum atomic E-state index is -0.847. The molecular formula is C14H26N2O3. The molecule has 1 aliphatic heterocycles. The van der Waals surface area contributed by atoms with Crippen LogP contribution in [0.5, 0.6) is 0 Å². The zero-order chi connectivity index (χ0) is 14.7. The Morgan fingerprint density at radius 3 is 2.47 bits per heavy atom. The van der Waals surface area contributed by atoms with Gasteiger partial charge in [0.1, 0.15) is 0 Å². The van der Waals surface area contributed by atoms with E-state index in [0.29, 0.717) is 6.42 Å². The first-order valence-electron chi connectivity index (χ1n) is 6.90. The molecule has 0 radical (unpaired) electrons. The Morgan fingerprint density at radius 2 is 2.05 bits per heavy atom. The first-order valence-corrected chi connectivity index (χ1v) is 6.90. The van der Waals surface area contributed by atoms with E-state index in [1.54, 1.807) is 0 Å². The number of amides is 1. The van der Waals surface area contributed by atoms with E-state index in [1.165, 1.54) is 0 Å². The van der Waals surface area contributed by atoms with Crippen LogP contribution in [0.4, 0.5) is 0 Å². The molecule has 2 atom stereocenters. The lowest BCUT2D eigenvalue weighted by Crippen LogP contribution is -2.52. The number of aliphatic carboxylic acids is 1. The molecule has 1 aliphatic rings. The van der Waals surface area contributed by atoms with Gasteiger partial charge in [0.2, 0.25) is 5.91 Å². The molecule has 0 aromatic carbocycles. The van der Waals surface area contributed by atoms with Gasteiger partial charge in [-0.1, -0.05) is 20.8 Å². The van der Waals surface area contributed by atoms with Crippen LogP contribution in [0.1, 0.15) is 47.0 Å². The first kappa shape index (κ1) is 16.0. The molecule has 0 aromatic rings. The number of carbonyl (C=O) groups excluding carboxylic acids is 1. The second kappa shape index (κ2) is 5.90. The third-order valence-electron chi connectivity index (χ3n) is 3.59. The minimum Gasteiger partial charge on any atom is -0.481 e. The van der Waals surface area contributed by atoms with Crippen LogP contribution < -0.4 is 10.6 Å². The highest BCUT2D eigenvalue weighted by Crippen LogP contribution is 2.24. The van der Waals surface area contributed by atoms with Crippen molar-refractivity contribution in [3.63, 3.8) is 0 Å². The number of carboxylic acids is 1. The van der Waals surface area contributed by atoms with E-state index < -0.39 is 17.4 Å². The predicted octanol–water partition coefficient (Wildman–Crippen LogP) is 1.38. The Bertz CT molecular complexity index is 341. The molecule has 0 aromatic heterocycles. The van der Waals surface area contributed by atoms with Crippen molar-refractivity contribution in [3.05, 3.63) is 0 Å². The smallest absolute Gasteiger partial charge is 0.308 e. The van der Waals surface area contributed by atoms with E-state index in [2.05, 4.69) is 10.6 Å². The number of carboxylic acid groups (broad SMARTS) is 1. The molecule has 0 saturated carbocycles. The molecule has 0 bridgehead atoms. The van der Waals surface area contributed by atoms with Gasteiger partial charge in [-0.25, -0.2) is 0 Å². The third-order valence-corrected chi connectivity index (χ3v) is 3.59. The SMILES string of the molecule is CC(C)(C)CC(CNC(=O)C1(C)CCCN1)C(=O)O. The largest absolute Gasteiger partial charge is 0.481 e. The number of hydrogen-bond acceptors (Lipinski definition) is 3. The van der Waals surface area contributed by atoms with E-state index in [4.69, 9.17) is 0 Å². The highest BCUT2D eigenvalue weighted by molar-refractivity contribution is 5.86. The van der Waals surface area contributed by atoms with E-state index in [1.807, 2.05) is 27.7 Å². The maximum absolute atomic E-state index is 12.1. The van der Waals surface area contributed by atoms with E-state index in [9.17, 15) is 14.7 Å². The van der Waals surface area contributed by atoms with Gasteiger partial charge in [-0.2, -0.15) is 0 Å². The van der Waals surface area contributed by atoms with Crippen molar-refractivity contribution in [1.29, 1.82) is 0 Å². The highest BCUT2D eigenvalue weighted by Gasteiger charge is 2.36. The minimum absolute atomic E-state index is 0.0662. The summed E-state index contributed by atoms with van der Waals surface area (Å²) in [6.45, 7) is 8.92. The van der Waals surface area contributed by atoms with Gasteiger partial charge in [0.25, 0.3) is 0 Å². The van der Waals surface area contributed by atoms with Crippen molar-refractivity contribution >= 4 is 11.9 Å². The molecule has 0 aliphatic carbocycles. The summed E-state index contributed by atoms with van der Waals surface area (Å²) in [7, 11) is 0. The number of rotatable bonds is 5. The molecule has 1 fully saturated rings. The van der Waals surface area contributed by atoms with E-state index in [0.717, 1.165) is 19.4 Å². The molecule has 19 heavy (non-hydrogen) atoms. The fourth-order valence-electron chi connectivity index (χ4n) is 2.49. The lowest BCUT2D eigenvalue weighted by Gasteiger charge is -2.26. The van der Waals surface area contributed by atoms with Gasteiger partial charge >= 0.3 is 5.97 Å². The second-order valence-corrected chi connectivity index (χ2v) is 6.87. The van der Waals surface area contributed by atoms with Crippen molar-refractivity contribution in [2.24, 2.45) is 11.3 Å². The van der Waals surface area contributed by atoms with Crippen LogP contribution >= 0.6 is 0 Å². The van der Waals surface area contributed by atoms with Crippen LogP contribution in [-0.2, 0) is 9.59 Å². The van der Waals surface area contributed by atoms with Crippen LogP contribution in [0.2, 0.25) is 0 Å². The molecule has 3 N–H and O–H groups in total. The van der Waals surface area contributed by atoms with Gasteiger partial charge in [-0.15, -0.1) is 0 Å². The normalized spacial score (nSPS) is 25.1. The fourth-order valence-corrected chi connectivity index (χ4v) is 2.49. The van der Waals surface area contributed by atoms with Gasteiger partial charge in [0.15, 0.2) is 0 Å². The molecule has 1 rings (SSSR count). The molecule has 1 saturated heterocycles. The maximum atomic E-state index is 12.1. The van der Waals surface area contributed by atoms with Crippen LogP contribution in [0.15, 0.2) is 0 Å². The second-order valence-electron chi connectivity index (χ2n) is 6.87. The lowest BCUT2D eigenvalue weighted by molar-refractivity contribution is -0.142. The Labute approximate surface area is 115 Å². The zero-order valence-electron chi connectivity index (χ0n) is 12.4. The standard InChI is InChI=1S/C14H26N2O3/c1-13(2,3)8-10(11(17)18)9-15-12(19)14(4)6-5-7-16-14/h10,16H,5-9H2,1-4H3,(H,15,19)(H,17,18). The summed E-state index contributed by atoms with van der Waals surface area (Å²) in [5, 5.41) is 15.2. The number of carbonyl (C=O) groups is 2. The zero-order valence-corrected chi connectivity index (χ0v) is 12.4. The maximum Gasteiger partial charge on any atom is 0.308 e. The first-order chi connectivity index (χ1) is 8.64. The topological polar surface area (TPSA) is 78.4 Å². The molecule has 5 nitrogen and oxygen atoms in total. The van der Waals surface area contributed by atoms with E-state index in [-0.39, 0.29) is 17.9 Å². The fraction of sp³-hybridized carbons (Fsp3) is 0.857. The Kier molecular flexibility index (Phi) is 4.96. The van der Waals surface area contributed by atoms with Crippen molar-refractivity contribution in [2.75, 3.05) is 13.1 Å². The average molecular weight is 270 g/mol. The summed E-state index contributed by atoms with van der Waals surface area (Å²) >= 11 is 0. The highest BCUT2D eigenvalue weighted by atomic mass is 16.4. The van der Waals surface area contributed by atoms with Crippen LogP contribution in [0, 0.1) is 11.3 Å². The van der Waals surface area contributed by atoms with Gasteiger partial charge in [0, 0.05) is 6.54 Å². The quantitative estimate of drug-likeness (QED) is 0.705. The van der Waals surface area contributed by atoms with Gasteiger partial charge < -0.3 is 15.7 Å². The molecule has 1 amide bonds. The predicted molar refractivity (Wildman–Crippen MR) is 73.8 cm³/mol. The summed E-state index contributed by atoms with van der Waals surface area (Å²) < 4.78 is 0. The molecule has 0 spiro atoms. The van der Waals surface area contributed by atoms with Gasteiger partial charge in [-0.3, -0.25) is 9.59 Å². The number of hydrogen-bond donors (Lipinski definition) is 3. The molecule has 1 heterocycles. The molecule has 5 heteroatoms. The monoisotopic (exact) mass is 270 g/mol. The molecular weight excluding hydrogens is 244 g/mol. The molecule has 2 unspecified atom stereocenters. The van der Waals surface area contributed by atoms with Crippen molar-refractivity contribution in [3.8, 4) is 0 Å². The van der Waals surface area contributed by atoms with Crippen LogP contribution in [0.25, 0.3) is 0 Å². The van der Waals surface area contributed by atoms with Gasteiger partial charge in [-0.05, 0) is 38.1 Å². The van der Waals surface area contributed by atoms with Crippen LogP contribution in [-0.4, -0.2) is 35.6 Å². The van der Waals surface area contributed by atoms with E-state index >= 15 is 0 Å². The third kappa shape index (κ3) is 4.82.